The number of para-hydroxylation sites is 1. The highest BCUT2D eigenvalue weighted by Crippen LogP contribution is 2.33. The molecule has 1 aromatic heterocycles. The molecule has 5 nitrogen and oxygen atoms in total. The Morgan fingerprint density at radius 2 is 1.78 bits per heavy atom. The van der Waals surface area contributed by atoms with Gasteiger partial charge in [0.05, 0.1) is 0 Å². The predicted octanol–water partition coefficient (Wildman–Crippen LogP) is 4.23. The second-order valence-corrected chi connectivity index (χ2v) is 6.52. The first-order valence-electron chi connectivity index (χ1n) is 8.86. The first-order valence-corrected chi connectivity index (χ1v) is 8.86. The van der Waals surface area contributed by atoms with Crippen molar-refractivity contribution in [2.75, 3.05) is 16.8 Å². The summed E-state index contributed by atoms with van der Waals surface area (Å²) in [6, 6.07) is 18.6. The fraction of sp³-hybridized carbons (Fsp3) is 0.136. The molecule has 3 aromatic rings. The second-order valence-electron chi connectivity index (χ2n) is 6.52. The number of hydrogen-bond donors (Lipinski definition) is 1. The van der Waals surface area contributed by atoms with E-state index in [-0.39, 0.29) is 11.7 Å². The maximum absolute atomic E-state index is 12.6. The molecule has 0 spiro atoms. The first kappa shape index (κ1) is 17.0. The number of carbonyl (C=O) groups is 2. The molecule has 0 saturated carbocycles. The number of anilines is 3. The maximum atomic E-state index is 12.6. The van der Waals surface area contributed by atoms with E-state index in [1.54, 1.807) is 42.6 Å². The van der Waals surface area contributed by atoms with Gasteiger partial charge in [0.1, 0.15) is 5.82 Å². The zero-order valence-corrected chi connectivity index (χ0v) is 15.0. The van der Waals surface area contributed by atoms with Gasteiger partial charge in [-0.25, -0.2) is 4.98 Å². The predicted molar refractivity (Wildman–Crippen MR) is 106 cm³/mol. The molecule has 0 aliphatic carbocycles. The summed E-state index contributed by atoms with van der Waals surface area (Å²) in [5.74, 6) is 0.554. The van der Waals surface area contributed by atoms with E-state index in [1.807, 2.05) is 12.1 Å². The van der Waals surface area contributed by atoms with Gasteiger partial charge in [0, 0.05) is 35.2 Å². The van der Waals surface area contributed by atoms with Crippen LogP contribution in [0, 0.1) is 0 Å². The van der Waals surface area contributed by atoms with Gasteiger partial charge in [-0.05, 0) is 61.4 Å². The number of Topliss-reactive ketones (excluding diaryl/α,β-unsaturated/α-hetero) is 1. The first-order chi connectivity index (χ1) is 13.1. The van der Waals surface area contributed by atoms with Crippen LogP contribution < -0.4 is 10.2 Å². The van der Waals surface area contributed by atoms with Crippen LogP contribution in [0.2, 0.25) is 0 Å². The molecule has 1 aliphatic heterocycles. The summed E-state index contributed by atoms with van der Waals surface area (Å²) in [5.41, 5.74) is 4.24. The fourth-order valence-corrected chi connectivity index (χ4v) is 3.27. The number of fused-ring (bicyclic) bond motifs is 1. The van der Waals surface area contributed by atoms with Gasteiger partial charge in [0.15, 0.2) is 5.78 Å². The zero-order chi connectivity index (χ0) is 18.8. The average Bonchev–Trinajstić information content (AvgIpc) is 3.12. The van der Waals surface area contributed by atoms with E-state index in [9.17, 15) is 9.59 Å². The van der Waals surface area contributed by atoms with Crippen molar-refractivity contribution < 1.29 is 9.59 Å². The molecule has 27 heavy (non-hydrogen) atoms. The number of hydrogen-bond acceptors (Lipinski definition) is 4. The summed E-state index contributed by atoms with van der Waals surface area (Å²) in [6.07, 6.45) is 2.63. The Kier molecular flexibility index (Phi) is 4.42. The minimum absolute atomic E-state index is 0.00227. The lowest BCUT2D eigenvalue weighted by Gasteiger charge is -2.18. The zero-order valence-electron chi connectivity index (χ0n) is 15.0. The van der Waals surface area contributed by atoms with E-state index in [0.29, 0.717) is 16.8 Å². The van der Waals surface area contributed by atoms with Gasteiger partial charge < -0.3 is 10.2 Å². The van der Waals surface area contributed by atoms with Crippen molar-refractivity contribution in [3.05, 3.63) is 83.6 Å². The lowest BCUT2D eigenvalue weighted by Crippen LogP contribution is -2.17. The Morgan fingerprint density at radius 3 is 2.56 bits per heavy atom. The van der Waals surface area contributed by atoms with Gasteiger partial charge in [-0.2, -0.15) is 0 Å². The third-order valence-electron chi connectivity index (χ3n) is 4.72. The monoisotopic (exact) mass is 357 g/mol. The van der Waals surface area contributed by atoms with Gasteiger partial charge >= 0.3 is 0 Å². The van der Waals surface area contributed by atoms with Gasteiger partial charge in [-0.3, -0.25) is 9.59 Å². The molecule has 0 fully saturated rings. The van der Waals surface area contributed by atoms with Gasteiger partial charge in [0.2, 0.25) is 0 Å². The number of aromatic nitrogens is 1. The van der Waals surface area contributed by atoms with Crippen molar-refractivity contribution in [2.24, 2.45) is 0 Å². The number of amides is 1. The summed E-state index contributed by atoms with van der Waals surface area (Å²) in [6.45, 7) is 2.37. The van der Waals surface area contributed by atoms with E-state index >= 15 is 0 Å². The molecule has 0 bridgehead atoms. The highest BCUT2D eigenvalue weighted by atomic mass is 16.1. The number of rotatable bonds is 4. The number of benzene rings is 2. The molecule has 4 rings (SSSR count). The minimum atomic E-state index is -0.207. The molecule has 5 heteroatoms. The number of carbonyl (C=O) groups excluding carboxylic acids is 2. The van der Waals surface area contributed by atoms with E-state index < -0.39 is 0 Å². The molecule has 0 saturated heterocycles. The fourth-order valence-electron chi connectivity index (χ4n) is 3.27. The molecule has 2 aromatic carbocycles. The van der Waals surface area contributed by atoms with Crippen LogP contribution in [0.1, 0.15) is 33.2 Å². The number of nitrogens with one attached hydrogen (secondary N) is 1. The standard InChI is InChI=1S/C22H19N3O2/c1-15(26)16-6-8-19(9-7-16)24-22(27)18-10-12-23-21(14-18)25-13-11-17-4-2-3-5-20(17)25/h2-10,12,14H,11,13H2,1H3,(H,24,27). The molecule has 0 atom stereocenters. The van der Waals surface area contributed by atoms with Crippen molar-refractivity contribution >= 4 is 28.9 Å². The van der Waals surface area contributed by atoms with Crippen LogP contribution >= 0.6 is 0 Å². The summed E-state index contributed by atoms with van der Waals surface area (Å²) >= 11 is 0. The van der Waals surface area contributed by atoms with Crippen LogP contribution in [-0.4, -0.2) is 23.2 Å². The van der Waals surface area contributed by atoms with Crippen LogP contribution in [0.5, 0.6) is 0 Å². The largest absolute Gasteiger partial charge is 0.326 e. The molecule has 2 heterocycles. The van der Waals surface area contributed by atoms with Gasteiger partial charge in [0.25, 0.3) is 5.91 Å². The lowest BCUT2D eigenvalue weighted by molar-refractivity contribution is 0.101. The van der Waals surface area contributed by atoms with E-state index in [2.05, 4.69) is 27.3 Å². The third kappa shape index (κ3) is 3.44. The third-order valence-corrected chi connectivity index (χ3v) is 4.72. The van der Waals surface area contributed by atoms with E-state index in [0.717, 1.165) is 24.5 Å². The normalized spacial score (nSPS) is 12.6. The van der Waals surface area contributed by atoms with Crippen molar-refractivity contribution in [2.45, 2.75) is 13.3 Å². The smallest absolute Gasteiger partial charge is 0.255 e. The SMILES string of the molecule is CC(=O)c1ccc(NC(=O)c2ccnc(N3CCc4ccccc43)c2)cc1. The Morgan fingerprint density at radius 1 is 1.00 bits per heavy atom. The summed E-state index contributed by atoms with van der Waals surface area (Å²) < 4.78 is 0. The molecular weight excluding hydrogens is 338 g/mol. The average molecular weight is 357 g/mol. The van der Waals surface area contributed by atoms with E-state index in [4.69, 9.17) is 0 Å². The summed E-state index contributed by atoms with van der Waals surface area (Å²) in [5, 5.41) is 2.86. The topological polar surface area (TPSA) is 62.3 Å². The second kappa shape index (κ2) is 7.03. The van der Waals surface area contributed by atoms with E-state index in [1.165, 1.54) is 12.5 Å². The maximum Gasteiger partial charge on any atom is 0.255 e. The Balaban J connectivity index is 1.54. The van der Waals surface area contributed by atoms with Crippen LogP contribution in [0.4, 0.5) is 17.2 Å². The minimum Gasteiger partial charge on any atom is -0.326 e. The quantitative estimate of drug-likeness (QED) is 0.710. The molecular formula is C22H19N3O2. The number of ketones is 1. The summed E-state index contributed by atoms with van der Waals surface area (Å²) in [7, 11) is 0. The van der Waals surface area contributed by atoms with Crippen molar-refractivity contribution in [3.63, 3.8) is 0 Å². The van der Waals surface area contributed by atoms with Crippen LogP contribution in [0.25, 0.3) is 0 Å². The summed E-state index contributed by atoms with van der Waals surface area (Å²) in [4.78, 5) is 30.6. The Bertz CT molecular complexity index is 1010. The van der Waals surface area contributed by atoms with Crippen LogP contribution in [0.15, 0.2) is 66.9 Å². The highest BCUT2D eigenvalue weighted by Gasteiger charge is 2.21. The number of pyridine rings is 1. The number of nitrogens with zero attached hydrogens (tertiary/aromatic N) is 2. The molecule has 0 radical (unpaired) electrons. The van der Waals surface area contributed by atoms with Gasteiger partial charge in [-0.1, -0.05) is 18.2 Å². The van der Waals surface area contributed by atoms with Crippen LogP contribution in [-0.2, 0) is 6.42 Å². The Labute approximate surface area is 157 Å². The van der Waals surface area contributed by atoms with Crippen LogP contribution in [0.3, 0.4) is 0 Å². The highest BCUT2D eigenvalue weighted by molar-refractivity contribution is 6.05. The van der Waals surface area contributed by atoms with Crippen molar-refractivity contribution in [3.8, 4) is 0 Å². The lowest BCUT2D eigenvalue weighted by atomic mass is 10.1. The molecule has 1 N–H and O–H groups in total. The van der Waals surface area contributed by atoms with Crippen molar-refractivity contribution in [1.82, 2.24) is 4.98 Å². The molecule has 134 valence electrons. The molecule has 1 aliphatic rings. The Hall–Kier alpha value is -3.47. The van der Waals surface area contributed by atoms with Crippen molar-refractivity contribution in [1.29, 1.82) is 0 Å². The van der Waals surface area contributed by atoms with Gasteiger partial charge in [-0.15, -0.1) is 0 Å². The molecule has 1 amide bonds. The molecule has 0 unspecified atom stereocenters.